The van der Waals surface area contributed by atoms with Gasteiger partial charge in [-0.05, 0) is 11.6 Å². The quantitative estimate of drug-likeness (QED) is 0.671. The predicted molar refractivity (Wildman–Crippen MR) is 71.2 cm³/mol. The molecule has 0 amide bonds. The van der Waals surface area contributed by atoms with Crippen molar-refractivity contribution in [3.05, 3.63) is 58.0 Å². The number of hydrogen-bond acceptors (Lipinski definition) is 5. The van der Waals surface area contributed by atoms with Gasteiger partial charge in [0.1, 0.15) is 5.82 Å². The van der Waals surface area contributed by atoms with Gasteiger partial charge in [-0.2, -0.15) is 0 Å². The van der Waals surface area contributed by atoms with E-state index < -0.39 is 10.7 Å². The normalized spacial score (nSPS) is 10.1. The van der Waals surface area contributed by atoms with Gasteiger partial charge < -0.3 is 10.1 Å². The molecule has 20 heavy (non-hydrogen) atoms. The molecule has 0 aliphatic rings. The first-order valence-electron chi connectivity index (χ1n) is 5.76. The number of nitro groups is 1. The molecule has 0 fully saturated rings. The number of rotatable bonds is 5. The van der Waals surface area contributed by atoms with Crippen LogP contribution in [0.5, 0.6) is 5.88 Å². The Balaban J connectivity index is 2.08. The van der Waals surface area contributed by atoms with Crippen molar-refractivity contribution in [3.63, 3.8) is 0 Å². The number of halogens is 1. The average molecular weight is 277 g/mol. The van der Waals surface area contributed by atoms with Crippen molar-refractivity contribution in [1.29, 1.82) is 0 Å². The van der Waals surface area contributed by atoms with Crippen molar-refractivity contribution in [2.24, 2.45) is 0 Å². The zero-order valence-corrected chi connectivity index (χ0v) is 10.7. The van der Waals surface area contributed by atoms with Gasteiger partial charge in [-0.3, -0.25) is 10.1 Å². The minimum Gasteiger partial charge on any atom is -0.481 e. The number of anilines is 1. The molecule has 1 aromatic heterocycles. The van der Waals surface area contributed by atoms with Crippen LogP contribution in [0.3, 0.4) is 0 Å². The summed E-state index contributed by atoms with van der Waals surface area (Å²) in [6, 6.07) is 6.85. The third kappa shape index (κ3) is 3.41. The van der Waals surface area contributed by atoms with Crippen molar-refractivity contribution in [2.75, 3.05) is 12.4 Å². The van der Waals surface area contributed by atoms with Crippen molar-refractivity contribution in [1.82, 2.24) is 4.98 Å². The van der Waals surface area contributed by atoms with Crippen molar-refractivity contribution in [2.45, 2.75) is 6.54 Å². The second kappa shape index (κ2) is 5.96. The third-order valence-corrected chi connectivity index (χ3v) is 2.60. The van der Waals surface area contributed by atoms with Crippen LogP contribution in [-0.4, -0.2) is 17.0 Å². The molecule has 0 unspecified atom stereocenters. The summed E-state index contributed by atoms with van der Waals surface area (Å²) in [6.07, 6.45) is 1.61. The van der Waals surface area contributed by atoms with Crippen LogP contribution in [0.15, 0.2) is 36.5 Å². The number of benzene rings is 1. The fourth-order valence-corrected chi connectivity index (χ4v) is 1.62. The standard InChI is InChI=1S/C13H12FN3O3/c1-20-13-3-2-9(8-16-13)7-15-11-4-10(14)5-12(6-11)17(18)19/h2-6,8,15H,7H2,1H3. The van der Waals surface area contributed by atoms with Crippen LogP contribution >= 0.6 is 0 Å². The molecule has 6 nitrogen and oxygen atoms in total. The number of methoxy groups -OCH3 is 1. The SMILES string of the molecule is COc1ccc(CNc2cc(F)cc([N+](=O)[O-])c2)cn1. The number of nitrogens with zero attached hydrogens (tertiary/aromatic N) is 2. The maximum absolute atomic E-state index is 13.2. The Morgan fingerprint density at radius 2 is 2.20 bits per heavy atom. The van der Waals surface area contributed by atoms with Crippen LogP contribution in [-0.2, 0) is 6.54 Å². The van der Waals surface area contributed by atoms with E-state index in [0.29, 0.717) is 18.1 Å². The Labute approximate surface area is 114 Å². The van der Waals surface area contributed by atoms with Crippen molar-refractivity contribution in [3.8, 4) is 5.88 Å². The topological polar surface area (TPSA) is 77.3 Å². The van der Waals surface area contributed by atoms with E-state index in [0.717, 1.165) is 11.6 Å². The summed E-state index contributed by atoms with van der Waals surface area (Å²) in [5.74, 6) is -0.162. The Hall–Kier alpha value is -2.70. The monoisotopic (exact) mass is 277 g/mol. The summed E-state index contributed by atoms with van der Waals surface area (Å²) in [6.45, 7) is 0.373. The molecule has 7 heteroatoms. The van der Waals surface area contributed by atoms with Gasteiger partial charge in [-0.1, -0.05) is 6.07 Å². The fraction of sp³-hybridized carbons (Fsp3) is 0.154. The average Bonchev–Trinajstić information content (AvgIpc) is 2.45. The molecule has 0 radical (unpaired) electrons. The lowest BCUT2D eigenvalue weighted by Crippen LogP contribution is -2.01. The van der Waals surface area contributed by atoms with Crippen molar-refractivity contribution >= 4 is 11.4 Å². The fourth-order valence-electron chi connectivity index (χ4n) is 1.62. The first-order valence-corrected chi connectivity index (χ1v) is 5.76. The first kappa shape index (κ1) is 13.7. The van der Waals surface area contributed by atoms with Crippen LogP contribution in [0.4, 0.5) is 15.8 Å². The van der Waals surface area contributed by atoms with Gasteiger partial charge in [-0.25, -0.2) is 9.37 Å². The number of hydrogen-bond donors (Lipinski definition) is 1. The molecule has 0 saturated heterocycles. The summed E-state index contributed by atoms with van der Waals surface area (Å²) in [5, 5.41) is 13.5. The lowest BCUT2D eigenvalue weighted by Gasteiger charge is -2.07. The van der Waals surface area contributed by atoms with E-state index >= 15 is 0 Å². The molecule has 0 bridgehead atoms. The van der Waals surface area contributed by atoms with E-state index in [-0.39, 0.29) is 5.69 Å². The molecule has 0 spiro atoms. The molecule has 0 saturated carbocycles. The third-order valence-electron chi connectivity index (χ3n) is 2.60. The maximum atomic E-state index is 13.2. The summed E-state index contributed by atoms with van der Waals surface area (Å²) >= 11 is 0. The number of nitrogens with one attached hydrogen (secondary N) is 1. The van der Waals surface area contributed by atoms with Crippen LogP contribution in [0, 0.1) is 15.9 Å². The molecular formula is C13H12FN3O3. The number of non-ortho nitro benzene ring substituents is 1. The smallest absolute Gasteiger partial charge is 0.274 e. The molecule has 2 aromatic rings. The second-order valence-electron chi connectivity index (χ2n) is 4.02. The van der Waals surface area contributed by atoms with E-state index in [1.165, 1.54) is 19.2 Å². The van der Waals surface area contributed by atoms with Crippen LogP contribution in [0.2, 0.25) is 0 Å². The molecule has 0 aliphatic carbocycles. The molecular weight excluding hydrogens is 265 g/mol. The summed E-state index contributed by atoms with van der Waals surface area (Å²) in [7, 11) is 1.52. The van der Waals surface area contributed by atoms with Gasteiger partial charge in [-0.15, -0.1) is 0 Å². The van der Waals surface area contributed by atoms with Gasteiger partial charge in [0.15, 0.2) is 0 Å². The largest absolute Gasteiger partial charge is 0.481 e. The zero-order chi connectivity index (χ0) is 14.5. The minimum absolute atomic E-state index is 0.291. The van der Waals surface area contributed by atoms with Gasteiger partial charge >= 0.3 is 0 Å². The van der Waals surface area contributed by atoms with Crippen LogP contribution < -0.4 is 10.1 Å². The maximum Gasteiger partial charge on any atom is 0.274 e. The lowest BCUT2D eigenvalue weighted by molar-refractivity contribution is -0.385. The van der Waals surface area contributed by atoms with Gasteiger partial charge in [0.05, 0.1) is 18.1 Å². The number of pyridine rings is 1. The van der Waals surface area contributed by atoms with Gasteiger partial charge in [0.25, 0.3) is 5.69 Å². The van der Waals surface area contributed by atoms with E-state index in [2.05, 4.69) is 10.3 Å². The number of ether oxygens (including phenoxy) is 1. The molecule has 104 valence electrons. The predicted octanol–water partition coefficient (Wildman–Crippen LogP) is 2.75. The van der Waals surface area contributed by atoms with Crippen molar-refractivity contribution < 1.29 is 14.1 Å². The van der Waals surface area contributed by atoms with Gasteiger partial charge in [0.2, 0.25) is 5.88 Å². The highest BCUT2D eigenvalue weighted by Crippen LogP contribution is 2.20. The Morgan fingerprint density at radius 3 is 2.80 bits per heavy atom. The molecule has 1 aromatic carbocycles. The summed E-state index contributed by atoms with van der Waals surface area (Å²) < 4.78 is 18.2. The molecule has 0 atom stereocenters. The van der Waals surface area contributed by atoms with Crippen LogP contribution in [0.25, 0.3) is 0 Å². The molecule has 1 heterocycles. The molecule has 1 N–H and O–H groups in total. The van der Waals surface area contributed by atoms with Crippen LogP contribution in [0.1, 0.15) is 5.56 Å². The molecule has 2 rings (SSSR count). The second-order valence-corrected chi connectivity index (χ2v) is 4.02. The Bertz CT molecular complexity index is 617. The highest BCUT2D eigenvalue weighted by Gasteiger charge is 2.09. The lowest BCUT2D eigenvalue weighted by atomic mass is 10.2. The minimum atomic E-state index is -0.658. The number of nitro benzene ring substituents is 1. The Morgan fingerprint density at radius 1 is 1.40 bits per heavy atom. The van der Waals surface area contributed by atoms with E-state index in [1.807, 2.05) is 0 Å². The zero-order valence-electron chi connectivity index (χ0n) is 10.7. The highest BCUT2D eigenvalue weighted by molar-refractivity contribution is 5.51. The van der Waals surface area contributed by atoms with E-state index in [4.69, 9.17) is 4.74 Å². The summed E-state index contributed by atoms with van der Waals surface area (Å²) in [4.78, 5) is 14.0. The highest BCUT2D eigenvalue weighted by atomic mass is 19.1. The van der Waals surface area contributed by atoms with Gasteiger partial charge in [0, 0.05) is 30.6 Å². The van der Waals surface area contributed by atoms with E-state index in [1.54, 1.807) is 18.3 Å². The molecule has 0 aliphatic heterocycles. The van der Waals surface area contributed by atoms with E-state index in [9.17, 15) is 14.5 Å². The summed E-state index contributed by atoms with van der Waals surface area (Å²) in [5.41, 5.74) is 0.894. The first-order chi connectivity index (χ1) is 9.58. The number of aromatic nitrogens is 1. The Kier molecular flexibility index (Phi) is 4.09.